The maximum absolute atomic E-state index is 13.4. The first-order chi connectivity index (χ1) is 10.0. The molecule has 0 unspecified atom stereocenters. The Morgan fingerprint density at radius 1 is 1.24 bits per heavy atom. The molecule has 1 atom stereocenters. The zero-order chi connectivity index (χ0) is 15.4. The Morgan fingerprint density at radius 2 is 2.00 bits per heavy atom. The van der Waals surface area contributed by atoms with Gasteiger partial charge in [-0.3, -0.25) is 0 Å². The molecule has 0 aliphatic heterocycles. The standard InChI is InChI=1S/C16H17ClFNO2/c1-10(19)13-5-4-12(20-2)8-16(13)21-9-11-3-6-14(17)15(18)7-11/h3-8,10H,9,19H2,1-2H3/t10-/m0/s1. The predicted molar refractivity (Wildman–Crippen MR) is 81.3 cm³/mol. The molecule has 5 heteroatoms. The fourth-order valence-corrected chi connectivity index (χ4v) is 2.05. The molecule has 0 spiro atoms. The lowest BCUT2D eigenvalue weighted by Crippen LogP contribution is -2.08. The third kappa shape index (κ3) is 3.86. The molecule has 0 radical (unpaired) electrons. The molecule has 0 bridgehead atoms. The number of benzene rings is 2. The molecule has 0 aliphatic rings. The van der Waals surface area contributed by atoms with Crippen LogP contribution in [0.5, 0.6) is 11.5 Å². The maximum Gasteiger partial charge on any atom is 0.142 e. The highest BCUT2D eigenvalue weighted by Gasteiger charge is 2.10. The average molecular weight is 310 g/mol. The summed E-state index contributed by atoms with van der Waals surface area (Å²) in [6.45, 7) is 2.09. The van der Waals surface area contributed by atoms with Crippen molar-refractivity contribution >= 4 is 11.6 Å². The minimum atomic E-state index is -0.462. The molecular formula is C16H17ClFNO2. The molecular weight excluding hydrogens is 293 g/mol. The minimum Gasteiger partial charge on any atom is -0.497 e. The number of nitrogens with two attached hydrogens (primary N) is 1. The van der Waals surface area contributed by atoms with Crippen molar-refractivity contribution in [2.24, 2.45) is 5.73 Å². The van der Waals surface area contributed by atoms with Crippen LogP contribution < -0.4 is 15.2 Å². The van der Waals surface area contributed by atoms with Crippen molar-refractivity contribution in [2.75, 3.05) is 7.11 Å². The smallest absolute Gasteiger partial charge is 0.142 e. The van der Waals surface area contributed by atoms with Gasteiger partial charge in [-0.25, -0.2) is 4.39 Å². The highest BCUT2D eigenvalue weighted by Crippen LogP contribution is 2.29. The Kier molecular flexibility index (Phi) is 5.04. The fourth-order valence-electron chi connectivity index (χ4n) is 1.93. The molecule has 0 saturated heterocycles. The Hall–Kier alpha value is -1.78. The summed E-state index contributed by atoms with van der Waals surface area (Å²) in [5.74, 6) is 0.840. The van der Waals surface area contributed by atoms with Gasteiger partial charge in [0.2, 0.25) is 0 Å². The first kappa shape index (κ1) is 15.6. The van der Waals surface area contributed by atoms with E-state index in [0.29, 0.717) is 17.1 Å². The van der Waals surface area contributed by atoms with Crippen molar-refractivity contribution in [3.63, 3.8) is 0 Å². The number of rotatable bonds is 5. The summed E-state index contributed by atoms with van der Waals surface area (Å²) in [6, 6.07) is 9.87. The summed E-state index contributed by atoms with van der Waals surface area (Å²) < 4.78 is 24.3. The Morgan fingerprint density at radius 3 is 2.62 bits per heavy atom. The predicted octanol–water partition coefficient (Wildman–Crippen LogP) is 4.09. The molecule has 2 aromatic carbocycles. The van der Waals surface area contributed by atoms with E-state index in [1.165, 1.54) is 12.1 Å². The second-order valence-corrected chi connectivity index (χ2v) is 5.14. The van der Waals surface area contributed by atoms with Crippen LogP contribution in [0.25, 0.3) is 0 Å². The Labute approximate surface area is 128 Å². The van der Waals surface area contributed by atoms with Crippen molar-refractivity contribution < 1.29 is 13.9 Å². The molecule has 21 heavy (non-hydrogen) atoms. The van der Waals surface area contributed by atoms with E-state index in [9.17, 15) is 4.39 Å². The first-order valence-electron chi connectivity index (χ1n) is 6.51. The van der Waals surface area contributed by atoms with Gasteiger partial charge in [-0.2, -0.15) is 0 Å². The van der Waals surface area contributed by atoms with Gasteiger partial charge >= 0.3 is 0 Å². The molecule has 2 N–H and O–H groups in total. The Bertz CT molecular complexity index is 632. The van der Waals surface area contributed by atoms with Crippen molar-refractivity contribution in [3.05, 3.63) is 58.4 Å². The van der Waals surface area contributed by atoms with Crippen LogP contribution in [-0.2, 0) is 6.61 Å². The van der Waals surface area contributed by atoms with Gasteiger partial charge in [-0.05, 0) is 30.7 Å². The van der Waals surface area contributed by atoms with Crippen molar-refractivity contribution in [3.8, 4) is 11.5 Å². The number of halogens is 2. The van der Waals surface area contributed by atoms with E-state index in [1.54, 1.807) is 19.2 Å². The molecule has 2 aromatic rings. The van der Waals surface area contributed by atoms with Gasteiger partial charge < -0.3 is 15.2 Å². The number of methoxy groups -OCH3 is 1. The van der Waals surface area contributed by atoms with E-state index < -0.39 is 5.82 Å². The van der Waals surface area contributed by atoms with Gasteiger partial charge in [0.15, 0.2) is 0 Å². The van der Waals surface area contributed by atoms with Gasteiger partial charge in [-0.15, -0.1) is 0 Å². The van der Waals surface area contributed by atoms with Crippen LogP contribution in [0.3, 0.4) is 0 Å². The largest absolute Gasteiger partial charge is 0.497 e. The SMILES string of the molecule is COc1ccc([C@H](C)N)c(OCc2ccc(Cl)c(F)c2)c1. The van der Waals surface area contributed by atoms with E-state index in [2.05, 4.69) is 0 Å². The van der Waals surface area contributed by atoms with Crippen molar-refractivity contribution in [1.82, 2.24) is 0 Å². The summed E-state index contributed by atoms with van der Waals surface area (Å²) in [6.07, 6.45) is 0. The van der Waals surface area contributed by atoms with Crippen LogP contribution in [0.4, 0.5) is 4.39 Å². The number of hydrogen-bond donors (Lipinski definition) is 1. The summed E-state index contributed by atoms with van der Waals surface area (Å²) in [7, 11) is 1.58. The van der Waals surface area contributed by atoms with Gasteiger partial charge in [0, 0.05) is 17.7 Å². The first-order valence-corrected chi connectivity index (χ1v) is 6.89. The molecule has 112 valence electrons. The molecule has 0 aliphatic carbocycles. The maximum atomic E-state index is 13.4. The van der Waals surface area contributed by atoms with Gasteiger partial charge in [0.1, 0.15) is 23.9 Å². The van der Waals surface area contributed by atoms with E-state index >= 15 is 0 Å². The average Bonchev–Trinajstić information content (AvgIpc) is 2.48. The van der Waals surface area contributed by atoms with Crippen molar-refractivity contribution in [1.29, 1.82) is 0 Å². The van der Waals surface area contributed by atoms with Crippen LogP contribution >= 0.6 is 11.6 Å². The molecule has 0 aromatic heterocycles. The van der Waals surface area contributed by atoms with Gasteiger partial charge in [-0.1, -0.05) is 23.7 Å². The lowest BCUT2D eigenvalue weighted by molar-refractivity contribution is 0.298. The summed E-state index contributed by atoms with van der Waals surface area (Å²) in [5.41, 5.74) is 7.48. The molecule has 2 rings (SSSR count). The quantitative estimate of drug-likeness (QED) is 0.905. The van der Waals surface area contributed by atoms with Crippen LogP contribution in [-0.4, -0.2) is 7.11 Å². The monoisotopic (exact) mass is 309 g/mol. The van der Waals surface area contributed by atoms with Crippen molar-refractivity contribution in [2.45, 2.75) is 19.6 Å². The van der Waals surface area contributed by atoms with Crippen LogP contribution in [0, 0.1) is 5.82 Å². The molecule has 0 fully saturated rings. The third-order valence-electron chi connectivity index (χ3n) is 3.09. The molecule has 3 nitrogen and oxygen atoms in total. The van der Waals surface area contributed by atoms with E-state index in [1.807, 2.05) is 19.1 Å². The van der Waals surface area contributed by atoms with Gasteiger partial charge in [0.05, 0.1) is 12.1 Å². The topological polar surface area (TPSA) is 44.5 Å². The normalized spacial score (nSPS) is 12.0. The lowest BCUT2D eigenvalue weighted by Gasteiger charge is -2.15. The summed E-state index contributed by atoms with van der Waals surface area (Å²) in [5, 5.41) is 0.0939. The van der Waals surface area contributed by atoms with Crippen LogP contribution in [0.15, 0.2) is 36.4 Å². The number of ether oxygens (including phenoxy) is 2. The second-order valence-electron chi connectivity index (χ2n) is 4.73. The van der Waals surface area contributed by atoms with E-state index in [4.69, 9.17) is 26.8 Å². The zero-order valence-electron chi connectivity index (χ0n) is 11.9. The van der Waals surface area contributed by atoms with Crippen LogP contribution in [0.1, 0.15) is 24.1 Å². The third-order valence-corrected chi connectivity index (χ3v) is 3.40. The number of hydrogen-bond acceptors (Lipinski definition) is 3. The molecule has 0 heterocycles. The zero-order valence-corrected chi connectivity index (χ0v) is 12.7. The minimum absolute atomic E-state index is 0.0939. The van der Waals surface area contributed by atoms with Crippen LogP contribution in [0.2, 0.25) is 5.02 Å². The van der Waals surface area contributed by atoms with Gasteiger partial charge in [0.25, 0.3) is 0 Å². The van der Waals surface area contributed by atoms with E-state index in [0.717, 1.165) is 5.56 Å². The lowest BCUT2D eigenvalue weighted by atomic mass is 10.1. The highest BCUT2D eigenvalue weighted by molar-refractivity contribution is 6.30. The fraction of sp³-hybridized carbons (Fsp3) is 0.250. The molecule has 0 saturated carbocycles. The summed E-state index contributed by atoms with van der Waals surface area (Å²) in [4.78, 5) is 0. The Balaban J connectivity index is 2.19. The second kappa shape index (κ2) is 6.78. The highest BCUT2D eigenvalue weighted by atomic mass is 35.5. The summed E-state index contributed by atoms with van der Waals surface area (Å²) >= 11 is 5.66. The molecule has 0 amide bonds. The van der Waals surface area contributed by atoms with E-state index in [-0.39, 0.29) is 17.7 Å².